The Bertz CT molecular complexity index is 1090. The van der Waals surface area contributed by atoms with E-state index >= 15 is 0 Å². The summed E-state index contributed by atoms with van der Waals surface area (Å²) < 4.78 is 41.8. The highest BCUT2D eigenvalue weighted by molar-refractivity contribution is 5.70. The van der Waals surface area contributed by atoms with Gasteiger partial charge in [-0.1, -0.05) is 31.2 Å². The summed E-state index contributed by atoms with van der Waals surface area (Å²) in [5.41, 5.74) is 1.80. The zero-order valence-corrected chi connectivity index (χ0v) is 16.9. The van der Waals surface area contributed by atoms with E-state index in [-0.39, 0.29) is 11.8 Å². The van der Waals surface area contributed by atoms with Crippen LogP contribution in [0.5, 0.6) is 5.75 Å². The first kappa shape index (κ1) is 21.9. The molecule has 1 aromatic heterocycles. The minimum Gasteiger partial charge on any atom is -0.406 e. The van der Waals surface area contributed by atoms with Crippen molar-refractivity contribution in [3.05, 3.63) is 60.2 Å². The minimum absolute atomic E-state index is 0.0781. The molecule has 0 fully saturated rings. The average molecular weight is 427 g/mol. The molecule has 0 aliphatic heterocycles. The number of ether oxygens (including phenoxy) is 1. The summed E-state index contributed by atoms with van der Waals surface area (Å²) in [5.74, 6) is 0.357. The van der Waals surface area contributed by atoms with E-state index < -0.39 is 6.36 Å². The second kappa shape index (κ2) is 9.34. The molecule has 0 saturated heterocycles. The summed E-state index contributed by atoms with van der Waals surface area (Å²) in [6.07, 6.45) is -3.97. The van der Waals surface area contributed by atoms with Crippen LogP contribution in [0.1, 0.15) is 25.8 Å². The van der Waals surface area contributed by atoms with E-state index in [0.29, 0.717) is 34.3 Å². The molecule has 1 atom stereocenters. The Hall–Kier alpha value is -3.80. The summed E-state index contributed by atoms with van der Waals surface area (Å²) in [5, 5.41) is 15.6. The summed E-state index contributed by atoms with van der Waals surface area (Å²) in [6.45, 7) is 3.97. The van der Waals surface area contributed by atoms with E-state index in [1.807, 2.05) is 13.8 Å². The van der Waals surface area contributed by atoms with Gasteiger partial charge in [-0.2, -0.15) is 10.2 Å². The van der Waals surface area contributed by atoms with Crippen LogP contribution in [-0.4, -0.2) is 22.4 Å². The van der Waals surface area contributed by atoms with Gasteiger partial charge >= 0.3 is 6.36 Å². The first-order valence-electron chi connectivity index (χ1n) is 9.55. The summed E-state index contributed by atoms with van der Waals surface area (Å²) in [4.78, 5) is 8.89. The van der Waals surface area contributed by atoms with Crippen LogP contribution in [-0.2, 0) is 0 Å². The van der Waals surface area contributed by atoms with Gasteiger partial charge in [-0.25, -0.2) is 4.98 Å². The Morgan fingerprint density at radius 1 is 1.10 bits per heavy atom. The van der Waals surface area contributed by atoms with Crippen LogP contribution in [0.25, 0.3) is 11.3 Å². The van der Waals surface area contributed by atoms with Crippen LogP contribution in [0, 0.1) is 11.3 Å². The topological polar surface area (TPSA) is 82.9 Å². The smallest absolute Gasteiger partial charge is 0.406 e. The maximum Gasteiger partial charge on any atom is 0.573 e. The number of alkyl halides is 3. The third kappa shape index (κ3) is 6.09. The first-order chi connectivity index (χ1) is 14.8. The van der Waals surface area contributed by atoms with Crippen molar-refractivity contribution in [1.29, 1.82) is 5.26 Å². The fraction of sp³-hybridized carbons (Fsp3) is 0.227. The number of nitriles is 1. The van der Waals surface area contributed by atoms with Crippen molar-refractivity contribution in [2.24, 2.45) is 0 Å². The zero-order valence-electron chi connectivity index (χ0n) is 16.9. The maximum atomic E-state index is 12.6. The number of anilines is 3. The molecule has 9 heteroatoms. The molecule has 0 aliphatic carbocycles. The van der Waals surface area contributed by atoms with Crippen LogP contribution < -0.4 is 15.4 Å². The molecule has 2 N–H and O–H groups in total. The first-order valence-corrected chi connectivity index (χ1v) is 9.55. The Kier molecular flexibility index (Phi) is 6.60. The lowest BCUT2D eigenvalue weighted by molar-refractivity contribution is -0.274. The Labute approximate surface area is 177 Å². The number of halogens is 3. The highest BCUT2D eigenvalue weighted by Gasteiger charge is 2.31. The molecule has 1 heterocycles. The second-order valence-electron chi connectivity index (χ2n) is 6.77. The molecule has 3 rings (SSSR count). The molecule has 0 bridgehead atoms. The van der Waals surface area contributed by atoms with Crippen molar-refractivity contribution in [1.82, 2.24) is 9.97 Å². The van der Waals surface area contributed by atoms with Gasteiger partial charge in [0.2, 0.25) is 5.95 Å². The standard InChI is InChI=1S/C22H20F3N5O/c1-3-14(2)27-21-29-19(15-8-6-9-17(11-15)31-22(23,24)25)12-20(30-21)28-18-10-5-4-7-16(18)13-26/h4-12,14H,3H2,1-2H3,(H2,27,28,29,30)/t14-/m1/s1. The lowest BCUT2D eigenvalue weighted by Crippen LogP contribution is -2.17. The molecule has 31 heavy (non-hydrogen) atoms. The van der Waals surface area contributed by atoms with Crippen molar-refractivity contribution < 1.29 is 17.9 Å². The van der Waals surface area contributed by atoms with Crippen molar-refractivity contribution in [2.45, 2.75) is 32.7 Å². The molecule has 0 saturated carbocycles. The van der Waals surface area contributed by atoms with Crippen LogP contribution in [0.3, 0.4) is 0 Å². The Morgan fingerprint density at radius 3 is 2.58 bits per heavy atom. The molecule has 160 valence electrons. The van der Waals surface area contributed by atoms with Gasteiger partial charge in [0.1, 0.15) is 17.6 Å². The number of hydrogen-bond donors (Lipinski definition) is 2. The minimum atomic E-state index is -4.79. The van der Waals surface area contributed by atoms with E-state index in [9.17, 15) is 18.4 Å². The lowest BCUT2D eigenvalue weighted by atomic mass is 10.1. The molecule has 2 aromatic carbocycles. The number of nitrogens with one attached hydrogen (secondary N) is 2. The fourth-order valence-electron chi connectivity index (χ4n) is 2.73. The largest absolute Gasteiger partial charge is 0.573 e. The second-order valence-corrected chi connectivity index (χ2v) is 6.77. The SMILES string of the molecule is CC[C@@H](C)Nc1nc(Nc2ccccc2C#N)cc(-c2cccc(OC(F)(F)F)c2)n1. The number of rotatable bonds is 7. The number of aromatic nitrogens is 2. The van der Waals surface area contributed by atoms with Crippen LogP contribution >= 0.6 is 0 Å². The number of hydrogen-bond acceptors (Lipinski definition) is 6. The molecule has 0 aliphatic rings. The molecule has 0 unspecified atom stereocenters. The quantitative estimate of drug-likeness (QED) is 0.491. The fourth-order valence-corrected chi connectivity index (χ4v) is 2.73. The van der Waals surface area contributed by atoms with Gasteiger partial charge < -0.3 is 15.4 Å². The maximum absolute atomic E-state index is 12.6. The van der Waals surface area contributed by atoms with E-state index in [1.165, 1.54) is 18.2 Å². The molecule has 0 amide bonds. The molecular weight excluding hydrogens is 407 g/mol. The van der Waals surface area contributed by atoms with Crippen LogP contribution in [0.4, 0.5) is 30.6 Å². The van der Waals surface area contributed by atoms with Gasteiger partial charge in [-0.05, 0) is 37.6 Å². The van der Waals surface area contributed by atoms with Gasteiger partial charge in [-0.15, -0.1) is 13.2 Å². The number of nitrogens with zero attached hydrogens (tertiary/aromatic N) is 3. The van der Waals surface area contributed by atoms with Crippen LogP contribution in [0.2, 0.25) is 0 Å². The third-order valence-electron chi connectivity index (χ3n) is 4.39. The molecule has 0 radical (unpaired) electrons. The summed E-state index contributed by atoms with van der Waals surface area (Å²) in [7, 11) is 0. The lowest BCUT2D eigenvalue weighted by Gasteiger charge is -2.15. The van der Waals surface area contributed by atoms with Crippen molar-refractivity contribution in [3.63, 3.8) is 0 Å². The van der Waals surface area contributed by atoms with Gasteiger partial charge in [0.05, 0.1) is 16.9 Å². The van der Waals surface area contributed by atoms with Crippen molar-refractivity contribution >= 4 is 17.5 Å². The van der Waals surface area contributed by atoms with Gasteiger partial charge in [-0.3, -0.25) is 0 Å². The van der Waals surface area contributed by atoms with E-state index in [4.69, 9.17) is 0 Å². The number of para-hydroxylation sites is 1. The predicted molar refractivity (Wildman–Crippen MR) is 112 cm³/mol. The highest BCUT2D eigenvalue weighted by atomic mass is 19.4. The monoisotopic (exact) mass is 427 g/mol. The molecule has 0 spiro atoms. The van der Waals surface area contributed by atoms with E-state index in [1.54, 1.807) is 36.4 Å². The van der Waals surface area contributed by atoms with Crippen LogP contribution in [0.15, 0.2) is 54.6 Å². The van der Waals surface area contributed by atoms with E-state index in [2.05, 4.69) is 31.4 Å². The highest BCUT2D eigenvalue weighted by Crippen LogP contribution is 2.29. The molecule has 6 nitrogen and oxygen atoms in total. The molecular formula is C22H20F3N5O. The van der Waals surface area contributed by atoms with Crippen molar-refractivity contribution in [2.75, 3.05) is 10.6 Å². The number of benzene rings is 2. The average Bonchev–Trinajstić information content (AvgIpc) is 2.73. The summed E-state index contributed by atoms with van der Waals surface area (Å²) in [6, 6.07) is 16.3. The Morgan fingerprint density at radius 2 is 1.87 bits per heavy atom. The Balaban J connectivity index is 2.02. The van der Waals surface area contributed by atoms with Crippen molar-refractivity contribution in [3.8, 4) is 23.1 Å². The molecule has 3 aromatic rings. The van der Waals surface area contributed by atoms with E-state index in [0.717, 1.165) is 6.42 Å². The predicted octanol–water partition coefficient (Wildman–Crippen LogP) is 5.87. The van der Waals surface area contributed by atoms with Gasteiger partial charge in [0.25, 0.3) is 0 Å². The third-order valence-corrected chi connectivity index (χ3v) is 4.39. The summed E-state index contributed by atoms with van der Waals surface area (Å²) >= 11 is 0. The zero-order chi connectivity index (χ0) is 22.4. The van der Waals surface area contributed by atoms with Gasteiger partial charge in [0.15, 0.2) is 0 Å². The normalized spacial score (nSPS) is 12.0. The van der Waals surface area contributed by atoms with Gasteiger partial charge in [0, 0.05) is 17.7 Å².